The Labute approximate surface area is 134 Å². The van der Waals surface area contributed by atoms with Crippen LogP contribution in [0.3, 0.4) is 0 Å². The van der Waals surface area contributed by atoms with Gasteiger partial charge in [0, 0.05) is 56.1 Å². The Morgan fingerprint density at radius 3 is 2.57 bits per heavy atom. The average molecular weight is 332 g/mol. The van der Waals surface area contributed by atoms with E-state index in [4.69, 9.17) is 23.2 Å². The molecular weight excluding hydrogens is 313 g/mol. The van der Waals surface area contributed by atoms with E-state index in [-0.39, 0.29) is 5.97 Å². The van der Waals surface area contributed by atoms with Crippen LogP contribution < -0.4 is 0 Å². The summed E-state index contributed by atoms with van der Waals surface area (Å²) in [4.78, 5) is 19.8. The van der Waals surface area contributed by atoms with Crippen LogP contribution in [0.1, 0.15) is 12.0 Å². The topological polar surface area (TPSA) is 45.7 Å². The molecule has 5 nitrogen and oxygen atoms in total. The summed E-state index contributed by atoms with van der Waals surface area (Å²) in [7, 11) is 1.42. The molecular formula is C14H19Cl2N3O2. The minimum atomic E-state index is -0.156. The predicted molar refractivity (Wildman–Crippen MR) is 82.6 cm³/mol. The van der Waals surface area contributed by atoms with Crippen LogP contribution in [0, 0.1) is 0 Å². The molecule has 7 heteroatoms. The summed E-state index contributed by atoms with van der Waals surface area (Å²) in [6.45, 7) is 5.29. The zero-order valence-electron chi connectivity index (χ0n) is 12.0. The molecule has 21 heavy (non-hydrogen) atoms. The van der Waals surface area contributed by atoms with E-state index in [1.165, 1.54) is 7.11 Å². The number of hydrogen-bond donors (Lipinski definition) is 0. The fourth-order valence-corrected chi connectivity index (χ4v) is 2.74. The maximum atomic E-state index is 11.1. The summed E-state index contributed by atoms with van der Waals surface area (Å²) in [6.07, 6.45) is 2.18. The molecule has 1 saturated heterocycles. The quantitative estimate of drug-likeness (QED) is 0.610. The lowest BCUT2D eigenvalue weighted by Gasteiger charge is -2.34. The summed E-state index contributed by atoms with van der Waals surface area (Å²) in [5.74, 6) is -0.156. The predicted octanol–water partition coefficient (Wildman–Crippen LogP) is 2.07. The van der Waals surface area contributed by atoms with E-state index in [0.29, 0.717) is 16.6 Å². The highest BCUT2D eigenvalue weighted by molar-refractivity contribution is 6.34. The van der Waals surface area contributed by atoms with Crippen molar-refractivity contribution >= 4 is 29.2 Å². The van der Waals surface area contributed by atoms with Gasteiger partial charge in [0.05, 0.1) is 13.5 Å². The number of aromatic nitrogens is 1. The number of carbonyl (C=O) groups excluding carboxylic acids is 1. The van der Waals surface area contributed by atoms with Gasteiger partial charge < -0.3 is 9.64 Å². The van der Waals surface area contributed by atoms with Gasteiger partial charge in [-0.2, -0.15) is 0 Å². The first-order valence-electron chi connectivity index (χ1n) is 6.90. The minimum Gasteiger partial charge on any atom is -0.469 e. The first-order valence-corrected chi connectivity index (χ1v) is 7.65. The lowest BCUT2D eigenvalue weighted by Crippen LogP contribution is -2.46. The molecule has 1 fully saturated rings. The van der Waals surface area contributed by atoms with Crippen molar-refractivity contribution in [1.82, 2.24) is 14.8 Å². The Morgan fingerprint density at radius 2 is 1.95 bits per heavy atom. The summed E-state index contributed by atoms with van der Waals surface area (Å²) in [5.41, 5.74) is 0.990. The third-order valence-electron chi connectivity index (χ3n) is 3.61. The van der Waals surface area contributed by atoms with Crippen molar-refractivity contribution in [2.45, 2.75) is 13.0 Å². The number of halogens is 2. The normalized spacial score (nSPS) is 16.9. The molecule has 116 valence electrons. The van der Waals surface area contributed by atoms with E-state index in [1.54, 1.807) is 12.3 Å². The highest BCUT2D eigenvalue weighted by atomic mass is 35.5. The van der Waals surface area contributed by atoms with Crippen molar-refractivity contribution in [3.63, 3.8) is 0 Å². The zero-order valence-corrected chi connectivity index (χ0v) is 13.5. The van der Waals surface area contributed by atoms with Crippen LogP contribution in [0.5, 0.6) is 0 Å². The molecule has 1 aromatic rings. The Hall–Kier alpha value is -0.880. The molecule has 0 amide bonds. The second-order valence-corrected chi connectivity index (χ2v) is 5.84. The summed E-state index contributed by atoms with van der Waals surface area (Å²) in [5, 5.41) is 1.07. The van der Waals surface area contributed by atoms with Crippen molar-refractivity contribution in [2.24, 2.45) is 0 Å². The summed E-state index contributed by atoms with van der Waals surface area (Å²) < 4.78 is 4.66. The molecule has 1 aromatic heterocycles. The van der Waals surface area contributed by atoms with Gasteiger partial charge in [0.1, 0.15) is 5.15 Å². The molecule has 0 N–H and O–H groups in total. The van der Waals surface area contributed by atoms with Crippen molar-refractivity contribution < 1.29 is 9.53 Å². The number of hydrogen-bond acceptors (Lipinski definition) is 5. The SMILES string of the molecule is COC(=O)CCN1CCN(Cc2cnc(Cl)cc2Cl)CC1. The number of nitrogens with zero attached hydrogens (tertiary/aromatic N) is 3. The number of methoxy groups -OCH3 is 1. The Kier molecular flexibility index (Phi) is 6.23. The monoisotopic (exact) mass is 331 g/mol. The van der Waals surface area contributed by atoms with Gasteiger partial charge >= 0.3 is 5.97 Å². The molecule has 1 aliphatic rings. The smallest absolute Gasteiger partial charge is 0.306 e. The van der Waals surface area contributed by atoms with Crippen LogP contribution in [0.25, 0.3) is 0 Å². The Balaban J connectivity index is 1.77. The number of carbonyl (C=O) groups is 1. The van der Waals surface area contributed by atoms with Gasteiger partial charge in [0.2, 0.25) is 0 Å². The van der Waals surface area contributed by atoms with E-state index in [1.807, 2.05) is 0 Å². The second kappa shape index (κ2) is 7.94. The van der Waals surface area contributed by atoms with Gasteiger partial charge in [-0.05, 0) is 6.07 Å². The Morgan fingerprint density at radius 1 is 1.29 bits per heavy atom. The number of esters is 1. The maximum Gasteiger partial charge on any atom is 0.306 e. The van der Waals surface area contributed by atoms with E-state index >= 15 is 0 Å². The minimum absolute atomic E-state index is 0.156. The van der Waals surface area contributed by atoms with Gasteiger partial charge in [-0.1, -0.05) is 23.2 Å². The largest absolute Gasteiger partial charge is 0.469 e. The van der Waals surface area contributed by atoms with Crippen molar-refractivity contribution in [1.29, 1.82) is 0 Å². The standard InChI is InChI=1S/C14H19Cl2N3O2/c1-21-14(20)2-3-18-4-6-19(7-5-18)10-11-9-17-13(16)8-12(11)15/h8-9H,2-7,10H2,1H3. The lowest BCUT2D eigenvalue weighted by atomic mass is 10.2. The highest BCUT2D eigenvalue weighted by Crippen LogP contribution is 2.20. The molecule has 1 aliphatic heterocycles. The van der Waals surface area contributed by atoms with E-state index in [0.717, 1.165) is 44.8 Å². The van der Waals surface area contributed by atoms with Gasteiger partial charge in [0.25, 0.3) is 0 Å². The summed E-state index contributed by atoms with van der Waals surface area (Å²) in [6, 6.07) is 1.67. The van der Waals surface area contributed by atoms with Crippen molar-refractivity contribution in [3.05, 3.63) is 28.0 Å². The van der Waals surface area contributed by atoms with Crippen LogP contribution in [0.4, 0.5) is 0 Å². The number of rotatable bonds is 5. The van der Waals surface area contributed by atoms with Crippen LogP contribution in [0.15, 0.2) is 12.3 Å². The van der Waals surface area contributed by atoms with Gasteiger partial charge in [-0.3, -0.25) is 9.69 Å². The first kappa shape index (κ1) is 16.5. The molecule has 0 aliphatic carbocycles. The molecule has 0 unspecified atom stereocenters. The van der Waals surface area contributed by atoms with E-state index in [2.05, 4.69) is 19.5 Å². The second-order valence-electron chi connectivity index (χ2n) is 5.04. The van der Waals surface area contributed by atoms with Crippen LogP contribution in [-0.2, 0) is 16.1 Å². The van der Waals surface area contributed by atoms with Gasteiger partial charge in [-0.25, -0.2) is 4.98 Å². The third-order valence-corrected chi connectivity index (χ3v) is 4.17. The van der Waals surface area contributed by atoms with E-state index in [9.17, 15) is 4.79 Å². The van der Waals surface area contributed by atoms with Crippen LogP contribution in [0.2, 0.25) is 10.2 Å². The molecule has 0 saturated carbocycles. The van der Waals surface area contributed by atoms with Crippen LogP contribution in [-0.4, -0.2) is 60.6 Å². The first-order chi connectivity index (χ1) is 10.1. The Bertz CT molecular complexity index is 491. The van der Waals surface area contributed by atoms with Gasteiger partial charge in [0.15, 0.2) is 0 Å². The molecule has 0 aromatic carbocycles. The number of ether oxygens (including phenoxy) is 1. The summed E-state index contributed by atoms with van der Waals surface area (Å²) >= 11 is 12.0. The molecule has 0 spiro atoms. The van der Waals surface area contributed by atoms with E-state index < -0.39 is 0 Å². The third kappa shape index (κ3) is 5.11. The molecule has 2 heterocycles. The number of piperazine rings is 1. The molecule has 0 radical (unpaired) electrons. The average Bonchev–Trinajstić information content (AvgIpc) is 2.49. The number of pyridine rings is 1. The molecule has 0 bridgehead atoms. The maximum absolute atomic E-state index is 11.1. The highest BCUT2D eigenvalue weighted by Gasteiger charge is 2.18. The van der Waals surface area contributed by atoms with Crippen LogP contribution >= 0.6 is 23.2 Å². The lowest BCUT2D eigenvalue weighted by molar-refractivity contribution is -0.141. The molecule has 2 rings (SSSR count). The van der Waals surface area contributed by atoms with Crippen molar-refractivity contribution in [2.75, 3.05) is 39.8 Å². The zero-order chi connectivity index (χ0) is 15.2. The molecule has 0 atom stereocenters. The fraction of sp³-hybridized carbons (Fsp3) is 0.571. The van der Waals surface area contributed by atoms with Crippen molar-refractivity contribution in [3.8, 4) is 0 Å². The fourth-order valence-electron chi connectivity index (χ4n) is 2.32. The van der Waals surface area contributed by atoms with Gasteiger partial charge in [-0.15, -0.1) is 0 Å².